The largest absolute Gasteiger partial charge is 0.293 e. The third-order valence-electron chi connectivity index (χ3n) is 4.78. The summed E-state index contributed by atoms with van der Waals surface area (Å²) in [5.74, 6) is 1.73. The van der Waals surface area contributed by atoms with E-state index in [1.807, 2.05) is 22.7 Å². The molecule has 0 bridgehead atoms. The van der Waals surface area contributed by atoms with E-state index in [4.69, 9.17) is 4.98 Å². The molecule has 0 amide bonds. The van der Waals surface area contributed by atoms with Crippen LogP contribution in [0.25, 0.3) is 9.75 Å². The third-order valence-corrected chi connectivity index (χ3v) is 6.91. The average Bonchev–Trinajstić information content (AvgIpc) is 3.11. The Morgan fingerprint density at radius 3 is 2.96 bits per heavy atom. The second-order valence-corrected chi connectivity index (χ2v) is 8.79. The second kappa shape index (κ2) is 6.06. The topological polar surface area (TPSA) is 29.0 Å². The van der Waals surface area contributed by atoms with Gasteiger partial charge in [-0.2, -0.15) is 0 Å². The molecule has 3 aromatic heterocycles. The van der Waals surface area contributed by atoms with Crippen molar-refractivity contribution in [2.45, 2.75) is 38.3 Å². The van der Waals surface area contributed by atoms with E-state index in [1.54, 1.807) is 0 Å². The number of hydrogen-bond acceptors (Lipinski definition) is 5. The molecule has 0 unspecified atom stereocenters. The van der Waals surface area contributed by atoms with Crippen molar-refractivity contribution in [2.75, 3.05) is 6.54 Å². The molecule has 0 saturated heterocycles. The average molecular weight is 354 g/mol. The summed E-state index contributed by atoms with van der Waals surface area (Å²) in [5.41, 5.74) is 2.61. The Labute approximate surface area is 150 Å². The first-order valence-electron chi connectivity index (χ1n) is 8.55. The maximum absolute atomic E-state index is 4.82. The van der Waals surface area contributed by atoms with Crippen LogP contribution in [-0.2, 0) is 19.5 Å². The van der Waals surface area contributed by atoms with Crippen LogP contribution in [0.2, 0.25) is 0 Å². The van der Waals surface area contributed by atoms with Crippen LogP contribution in [0, 0.1) is 0 Å². The molecule has 1 aliphatic carbocycles. The fourth-order valence-electron chi connectivity index (χ4n) is 3.30. The summed E-state index contributed by atoms with van der Waals surface area (Å²) in [5, 5.41) is 2.15. The van der Waals surface area contributed by atoms with Crippen LogP contribution in [0.4, 0.5) is 0 Å². The van der Waals surface area contributed by atoms with E-state index < -0.39 is 0 Å². The number of thiophene rings is 2. The molecule has 0 N–H and O–H groups in total. The molecule has 122 valence electrons. The first-order valence-corrected chi connectivity index (χ1v) is 10.2. The van der Waals surface area contributed by atoms with Gasteiger partial charge in [0.15, 0.2) is 0 Å². The molecule has 5 rings (SSSR count). The molecule has 0 radical (unpaired) electrons. The highest BCUT2D eigenvalue weighted by atomic mass is 32.1. The lowest BCUT2D eigenvalue weighted by molar-refractivity contribution is 0.244. The van der Waals surface area contributed by atoms with E-state index in [1.165, 1.54) is 38.7 Å². The molecule has 4 heterocycles. The molecule has 5 heteroatoms. The molecule has 3 nitrogen and oxygen atoms in total. The van der Waals surface area contributed by atoms with Gasteiger partial charge in [-0.1, -0.05) is 6.07 Å². The number of aromatic nitrogens is 2. The SMILES string of the molecule is c1csc(-c2ccc(CN3CCc4nc(C5CC5)ncc4C3)s2)c1. The van der Waals surface area contributed by atoms with Crippen molar-refractivity contribution in [2.24, 2.45) is 0 Å². The maximum atomic E-state index is 4.82. The lowest BCUT2D eigenvalue weighted by atomic mass is 10.1. The molecule has 3 aromatic rings. The molecule has 24 heavy (non-hydrogen) atoms. The van der Waals surface area contributed by atoms with Gasteiger partial charge in [0, 0.05) is 64.1 Å². The zero-order valence-corrected chi connectivity index (χ0v) is 15.1. The zero-order chi connectivity index (χ0) is 15.9. The Hall–Kier alpha value is -1.56. The molecule has 2 aliphatic rings. The summed E-state index contributed by atoms with van der Waals surface area (Å²) in [6, 6.07) is 8.86. The fraction of sp³-hybridized carbons (Fsp3) is 0.368. The summed E-state index contributed by atoms with van der Waals surface area (Å²) in [6.07, 6.45) is 5.68. The summed E-state index contributed by atoms with van der Waals surface area (Å²) < 4.78 is 0. The first-order chi connectivity index (χ1) is 11.8. The second-order valence-electron chi connectivity index (χ2n) is 6.68. The van der Waals surface area contributed by atoms with E-state index in [-0.39, 0.29) is 0 Å². The van der Waals surface area contributed by atoms with Crippen LogP contribution in [0.15, 0.2) is 35.8 Å². The summed E-state index contributed by atoms with van der Waals surface area (Å²) in [4.78, 5) is 16.1. The third kappa shape index (κ3) is 2.92. The first kappa shape index (κ1) is 14.8. The van der Waals surface area contributed by atoms with Crippen molar-refractivity contribution in [1.82, 2.24) is 14.9 Å². The molecular formula is C19H19N3S2. The van der Waals surface area contributed by atoms with Gasteiger partial charge >= 0.3 is 0 Å². The highest BCUT2D eigenvalue weighted by Crippen LogP contribution is 2.38. The Balaban J connectivity index is 1.29. The normalized spacial score (nSPS) is 17.8. The Morgan fingerprint density at radius 2 is 2.12 bits per heavy atom. The minimum Gasteiger partial charge on any atom is -0.293 e. The van der Waals surface area contributed by atoms with E-state index in [2.05, 4.69) is 45.7 Å². The highest BCUT2D eigenvalue weighted by Gasteiger charge is 2.28. The molecule has 1 aliphatic heterocycles. The molecule has 1 fully saturated rings. The Bertz CT molecular complexity index is 849. The van der Waals surface area contributed by atoms with Crippen LogP contribution in [0.1, 0.15) is 40.7 Å². The van der Waals surface area contributed by atoms with Crippen LogP contribution < -0.4 is 0 Å². The van der Waals surface area contributed by atoms with Crippen LogP contribution >= 0.6 is 22.7 Å². The van der Waals surface area contributed by atoms with E-state index in [0.717, 1.165) is 31.9 Å². The van der Waals surface area contributed by atoms with Crippen LogP contribution in [0.3, 0.4) is 0 Å². The van der Waals surface area contributed by atoms with Gasteiger partial charge in [0.2, 0.25) is 0 Å². The maximum Gasteiger partial charge on any atom is 0.131 e. The Kier molecular flexibility index (Phi) is 3.73. The zero-order valence-electron chi connectivity index (χ0n) is 13.4. The molecule has 0 aromatic carbocycles. The summed E-state index contributed by atoms with van der Waals surface area (Å²) in [7, 11) is 0. The predicted octanol–water partition coefficient (Wildman–Crippen LogP) is 4.70. The van der Waals surface area contributed by atoms with Crippen molar-refractivity contribution in [1.29, 1.82) is 0 Å². The predicted molar refractivity (Wildman–Crippen MR) is 99.5 cm³/mol. The van der Waals surface area contributed by atoms with Gasteiger partial charge in [0.05, 0.1) is 0 Å². The highest BCUT2D eigenvalue weighted by molar-refractivity contribution is 7.21. The smallest absolute Gasteiger partial charge is 0.131 e. The van der Waals surface area contributed by atoms with Crippen molar-refractivity contribution >= 4 is 22.7 Å². The lowest BCUT2D eigenvalue weighted by Gasteiger charge is -2.27. The van der Waals surface area contributed by atoms with Crippen molar-refractivity contribution in [3.63, 3.8) is 0 Å². The van der Waals surface area contributed by atoms with Gasteiger partial charge in [-0.3, -0.25) is 4.90 Å². The molecule has 0 spiro atoms. The fourth-order valence-corrected chi connectivity index (χ4v) is 5.18. The minimum absolute atomic E-state index is 0.648. The van der Waals surface area contributed by atoms with Gasteiger partial charge in [0.1, 0.15) is 5.82 Å². The molecular weight excluding hydrogens is 334 g/mol. The van der Waals surface area contributed by atoms with Gasteiger partial charge in [-0.05, 0) is 36.4 Å². The van der Waals surface area contributed by atoms with Gasteiger partial charge in [0.25, 0.3) is 0 Å². The number of rotatable bonds is 4. The van der Waals surface area contributed by atoms with Gasteiger partial charge < -0.3 is 0 Å². The monoisotopic (exact) mass is 353 g/mol. The molecule has 1 saturated carbocycles. The van der Waals surface area contributed by atoms with Crippen molar-refractivity contribution < 1.29 is 0 Å². The van der Waals surface area contributed by atoms with Crippen molar-refractivity contribution in [3.05, 3.63) is 57.8 Å². The van der Waals surface area contributed by atoms with Crippen molar-refractivity contribution in [3.8, 4) is 9.75 Å². The lowest BCUT2D eigenvalue weighted by Crippen LogP contribution is -2.30. The summed E-state index contributed by atoms with van der Waals surface area (Å²) >= 11 is 3.73. The van der Waals surface area contributed by atoms with Gasteiger partial charge in [-0.15, -0.1) is 22.7 Å². The summed E-state index contributed by atoms with van der Waals surface area (Å²) in [6.45, 7) is 3.10. The van der Waals surface area contributed by atoms with Crippen LogP contribution in [-0.4, -0.2) is 21.4 Å². The number of hydrogen-bond donors (Lipinski definition) is 0. The van der Waals surface area contributed by atoms with E-state index in [0.29, 0.717) is 5.92 Å². The standard InChI is InChI=1S/C19H19N3S2/c1-2-17(23-9-1)18-6-5-15(24-18)12-22-8-7-16-14(11-22)10-20-19(21-16)13-3-4-13/h1-2,5-6,9-10,13H,3-4,7-8,11-12H2. The van der Waals surface area contributed by atoms with Gasteiger partial charge in [-0.25, -0.2) is 9.97 Å². The number of fused-ring (bicyclic) bond motifs is 1. The molecule has 0 atom stereocenters. The number of nitrogens with zero attached hydrogens (tertiary/aromatic N) is 3. The Morgan fingerprint density at radius 1 is 1.17 bits per heavy atom. The van der Waals surface area contributed by atoms with E-state index in [9.17, 15) is 0 Å². The van der Waals surface area contributed by atoms with Crippen LogP contribution in [0.5, 0.6) is 0 Å². The minimum atomic E-state index is 0.648. The quantitative estimate of drug-likeness (QED) is 0.680. The van der Waals surface area contributed by atoms with E-state index >= 15 is 0 Å².